The average Bonchev–Trinajstić information content (AvgIpc) is 2.28. The van der Waals surface area contributed by atoms with E-state index < -0.39 is 0 Å². The molecule has 1 aliphatic carbocycles. The van der Waals surface area contributed by atoms with Crippen LogP contribution in [0.5, 0.6) is 0 Å². The summed E-state index contributed by atoms with van der Waals surface area (Å²) in [5.41, 5.74) is 0.322. The monoisotopic (exact) mass is 186 g/mol. The molecule has 0 saturated heterocycles. The fraction of sp³-hybridized carbons (Fsp3) is 0.900. The Hall–Kier alpha value is 0.0200. The van der Waals surface area contributed by atoms with Gasteiger partial charge in [-0.3, -0.25) is 0 Å². The largest absolute Gasteiger partial charge is 0.303 e. The first-order chi connectivity index (χ1) is 5.62. The maximum atomic E-state index is 10.4. The Kier molecular flexibility index (Phi) is 3.22. The molecule has 0 radical (unpaired) electrons. The van der Waals surface area contributed by atoms with Gasteiger partial charge in [0, 0.05) is 6.42 Å². The lowest BCUT2D eigenvalue weighted by Crippen LogP contribution is -2.26. The van der Waals surface area contributed by atoms with Gasteiger partial charge in [-0.1, -0.05) is 13.8 Å². The highest BCUT2D eigenvalue weighted by Crippen LogP contribution is 2.48. The van der Waals surface area contributed by atoms with E-state index in [0.717, 1.165) is 18.5 Å². The predicted molar refractivity (Wildman–Crippen MR) is 54.5 cm³/mol. The normalized spacial score (nSPS) is 33.6. The van der Waals surface area contributed by atoms with Crippen LogP contribution in [-0.4, -0.2) is 12.0 Å². The maximum Gasteiger partial charge on any atom is 0.120 e. The number of aldehydes is 1. The number of carbonyl (C=O) groups excluding carboxylic acids is 1. The van der Waals surface area contributed by atoms with Gasteiger partial charge in [0.05, 0.1) is 0 Å². The number of hydrogen-bond donors (Lipinski definition) is 1. The molecule has 1 aliphatic rings. The molecule has 2 atom stereocenters. The van der Waals surface area contributed by atoms with Crippen LogP contribution >= 0.6 is 12.6 Å². The Balaban J connectivity index is 2.63. The maximum absolute atomic E-state index is 10.4. The summed E-state index contributed by atoms with van der Waals surface area (Å²) in [7, 11) is 0. The van der Waals surface area contributed by atoms with Crippen molar-refractivity contribution in [3.63, 3.8) is 0 Å². The number of thiol groups is 1. The minimum absolute atomic E-state index is 0.322. The molecular formula is C10H18OS. The smallest absolute Gasteiger partial charge is 0.120 e. The van der Waals surface area contributed by atoms with Crippen LogP contribution in [0.1, 0.15) is 33.1 Å². The topological polar surface area (TPSA) is 17.1 Å². The highest BCUT2D eigenvalue weighted by Gasteiger charge is 2.41. The van der Waals surface area contributed by atoms with Gasteiger partial charge in [-0.05, 0) is 35.8 Å². The van der Waals surface area contributed by atoms with E-state index in [1.807, 2.05) is 0 Å². The van der Waals surface area contributed by atoms with Gasteiger partial charge in [-0.2, -0.15) is 12.6 Å². The fourth-order valence-corrected chi connectivity index (χ4v) is 3.00. The van der Waals surface area contributed by atoms with E-state index in [1.54, 1.807) is 0 Å². The van der Waals surface area contributed by atoms with Crippen LogP contribution in [0, 0.1) is 17.3 Å². The van der Waals surface area contributed by atoms with Gasteiger partial charge in [0.1, 0.15) is 6.29 Å². The number of carbonyl (C=O) groups is 1. The van der Waals surface area contributed by atoms with Gasteiger partial charge >= 0.3 is 0 Å². The lowest BCUT2D eigenvalue weighted by Gasteiger charge is -2.31. The highest BCUT2D eigenvalue weighted by atomic mass is 32.1. The second-order valence-electron chi connectivity index (χ2n) is 4.38. The lowest BCUT2D eigenvalue weighted by molar-refractivity contribution is -0.109. The average molecular weight is 186 g/mol. The van der Waals surface area contributed by atoms with E-state index in [1.165, 1.54) is 12.8 Å². The predicted octanol–water partition coefficient (Wildman–Crippen LogP) is 2.56. The van der Waals surface area contributed by atoms with E-state index in [-0.39, 0.29) is 0 Å². The standard InChI is InChI=1S/C10H18OS/c1-10(2)8(5-6-11)3-4-9(10)7-12/h6,8-9,12H,3-5,7H2,1-2H3/t8?,9-/m1/s1. The summed E-state index contributed by atoms with van der Waals surface area (Å²) in [5, 5.41) is 0. The molecule has 0 heterocycles. The summed E-state index contributed by atoms with van der Waals surface area (Å²) in [6, 6.07) is 0. The second-order valence-corrected chi connectivity index (χ2v) is 4.74. The van der Waals surface area contributed by atoms with Crippen molar-refractivity contribution >= 4 is 18.9 Å². The molecule has 2 heteroatoms. The molecule has 0 aromatic rings. The molecular weight excluding hydrogens is 168 g/mol. The SMILES string of the molecule is CC1(C)C(CC=O)CC[C@@H]1CS. The third kappa shape index (κ3) is 1.68. The van der Waals surface area contributed by atoms with Crippen molar-refractivity contribution in [2.45, 2.75) is 33.1 Å². The van der Waals surface area contributed by atoms with E-state index in [9.17, 15) is 4.79 Å². The van der Waals surface area contributed by atoms with Crippen molar-refractivity contribution in [3.05, 3.63) is 0 Å². The summed E-state index contributed by atoms with van der Waals surface area (Å²) in [6.45, 7) is 4.55. The molecule has 0 aromatic carbocycles. The molecule has 0 aliphatic heterocycles. The molecule has 12 heavy (non-hydrogen) atoms. The van der Waals surface area contributed by atoms with E-state index >= 15 is 0 Å². The summed E-state index contributed by atoms with van der Waals surface area (Å²) >= 11 is 4.35. The van der Waals surface area contributed by atoms with Crippen molar-refractivity contribution in [1.29, 1.82) is 0 Å². The first kappa shape index (κ1) is 10.1. The van der Waals surface area contributed by atoms with Gasteiger partial charge in [0.15, 0.2) is 0 Å². The van der Waals surface area contributed by atoms with Crippen LogP contribution in [0.15, 0.2) is 0 Å². The third-order valence-corrected chi connectivity index (χ3v) is 4.01. The van der Waals surface area contributed by atoms with Gasteiger partial charge in [-0.15, -0.1) is 0 Å². The van der Waals surface area contributed by atoms with Crippen molar-refractivity contribution in [1.82, 2.24) is 0 Å². The molecule has 70 valence electrons. The summed E-state index contributed by atoms with van der Waals surface area (Å²) in [4.78, 5) is 10.4. The van der Waals surface area contributed by atoms with E-state index in [2.05, 4.69) is 26.5 Å². The Labute approximate surface area is 80.3 Å². The quantitative estimate of drug-likeness (QED) is 0.529. The molecule has 0 spiro atoms. The molecule has 0 bridgehead atoms. The molecule has 0 amide bonds. The van der Waals surface area contributed by atoms with Gasteiger partial charge in [0.25, 0.3) is 0 Å². The van der Waals surface area contributed by atoms with Crippen LogP contribution in [-0.2, 0) is 4.79 Å². The Morgan fingerprint density at radius 1 is 1.42 bits per heavy atom. The lowest BCUT2D eigenvalue weighted by atomic mass is 9.75. The summed E-state index contributed by atoms with van der Waals surface area (Å²) < 4.78 is 0. The van der Waals surface area contributed by atoms with Gasteiger partial charge in [-0.25, -0.2) is 0 Å². The molecule has 1 rings (SSSR count). The molecule has 1 unspecified atom stereocenters. The van der Waals surface area contributed by atoms with Gasteiger partial charge in [0.2, 0.25) is 0 Å². The Bertz CT molecular complexity index is 165. The summed E-state index contributed by atoms with van der Waals surface area (Å²) in [6.07, 6.45) is 4.25. The minimum atomic E-state index is 0.322. The zero-order valence-corrected chi connectivity index (χ0v) is 8.81. The zero-order chi connectivity index (χ0) is 9.19. The molecule has 1 fully saturated rings. The first-order valence-electron chi connectivity index (χ1n) is 4.67. The zero-order valence-electron chi connectivity index (χ0n) is 7.92. The van der Waals surface area contributed by atoms with Crippen LogP contribution in [0.2, 0.25) is 0 Å². The van der Waals surface area contributed by atoms with Crippen molar-refractivity contribution in [2.24, 2.45) is 17.3 Å². The van der Waals surface area contributed by atoms with Crippen LogP contribution in [0.4, 0.5) is 0 Å². The molecule has 0 aromatic heterocycles. The second kappa shape index (κ2) is 3.82. The molecule has 1 nitrogen and oxygen atoms in total. The van der Waals surface area contributed by atoms with Crippen LogP contribution in [0.25, 0.3) is 0 Å². The Morgan fingerprint density at radius 3 is 2.42 bits per heavy atom. The fourth-order valence-electron chi connectivity index (χ4n) is 2.34. The minimum Gasteiger partial charge on any atom is -0.303 e. The number of rotatable bonds is 3. The summed E-state index contributed by atoms with van der Waals surface area (Å²) in [5.74, 6) is 2.25. The number of hydrogen-bond acceptors (Lipinski definition) is 2. The first-order valence-corrected chi connectivity index (χ1v) is 5.30. The highest BCUT2D eigenvalue weighted by molar-refractivity contribution is 7.80. The van der Waals surface area contributed by atoms with E-state index in [0.29, 0.717) is 17.3 Å². The van der Waals surface area contributed by atoms with Crippen molar-refractivity contribution < 1.29 is 4.79 Å². The van der Waals surface area contributed by atoms with Crippen molar-refractivity contribution in [2.75, 3.05) is 5.75 Å². The van der Waals surface area contributed by atoms with Crippen LogP contribution in [0.3, 0.4) is 0 Å². The third-order valence-electron chi connectivity index (χ3n) is 3.57. The van der Waals surface area contributed by atoms with E-state index in [4.69, 9.17) is 0 Å². The molecule has 1 saturated carbocycles. The van der Waals surface area contributed by atoms with Gasteiger partial charge < -0.3 is 4.79 Å². The molecule has 0 N–H and O–H groups in total. The Morgan fingerprint density at radius 2 is 2.00 bits per heavy atom. The van der Waals surface area contributed by atoms with Crippen molar-refractivity contribution in [3.8, 4) is 0 Å². The van der Waals surface area contributed by atoms with Crippen LogP contribution < -0.4 is 0 Å².